The molecule has 2 aromatic heterocycles. The van der Waals surface area contributed by atoms with Crippen LogP contribution in [0.4, 0.5) is 0 Å². The van der Waals surface area contributed by atoms with Crippen molar-refractivity contribution in [3.8, 4) is 0 Å². The van der Waals surface area contributed by atoms with Crippen LogP contribution in [0.2, 0.25) is 0 Å². The average molecular weight is 367 g/mol. The van der Waals surface area contributed by atoms with Crippen molar-refractivity contribution in [1.29, 1.82) is 0 Å². The van der Waals surface area contributed by atoms with Gasteiger partial charge in [0.15, 0.2) is 0 Å². The summed E-state index contributed by atoms with van der Waals surface area (Å²) in [5.74, 6) is 0.739. The molecule has 1 saturated heterocycles. The summed E-state index contributed by atoms with van der Waals surface area (Å²) in [7, 11) is 0. The summed E-state index contributed by atoms with van der Waals surface area (Å²) in [6, 6.07) is 5.66. The smallest absolute Gasteiger partial charge is 0.225 e. The molecular formula is C20H25N5O2. The highest BCUT2D eigenvalue weighted by Gasteiger charge is 2.44. The zero-order chi connectivity index (χ0) is 18.9. The molecule has 2 amide bonds. The minimum absolute atomic E-state index is 0.0134. The highest BCUT2D eigenvalue weighted by molar-refractivity contribution is 5.89. The van der Waals surface area contributed by atoms with E-state index in [2.05, 4.69) is 19.9 Å². The second kappa shape index (κ2) is 7.13. The number of hydrogen-bond acceptors (Lipinski definition) is 4. The number of nitrogens with one attached hydrogen (secondary N) is 1. The fourth-order valence-electron chi connectivity index (χ4n) is 3.71. The van der Waals surface area contributed by atoms with Gasteiger partial charge in [0.1, 0.15) is 5.82 Å². The monoisotopic (exact) mass is 367 g/mol. The van der Waals surface area contributed by atoms with E-state index < -0.39 is 0 Å². The van der Waals surface area contributed by atoms with Crippen molar-refractivity contribution < 1.29 is 9.59 Å². The van der Waals surface area contributed by atoms with E-state index in [1.807, 2.05) is 37.5 Å². The largest absolute Gasteiger partial charge is 0.355 e. The van der Waals surface area contributed by atoms with Gasteiger partial charge in [-0.1, -0.05) is 6.07 Å². The van der Waals surface area contributed by atoms with Crippen LogP contribution >= 0.6 is 0 Å². The lowest BCUT2D eigenvalue weighted by Crippen LogP contribution is -2.37. The van der Waals surface area contributed by atoms with E-state index in [4.69, 9.17) is 0 Å². The lowest BCUT2D eigenvalue weighted by Gasteiger charge is -2.19. The van der Waals surface area contributed by atoms with Gasteiger partial charge in [-0.25, -0.2) is 4.98 Å². The number of aryl methyl sites for hydroxylation is 1. The number of hydrogen-bond donors (Lipinski definition) is 1. The predicted octanol–water partition coefficient (Wildman–Crippen LogP) is 1.53. The summed E-state index contributed by atoms with van der Waals surface area (Å²) in [4.78, 5) is 35.1. The number of nitrogens with zero attached hydrogens (tertiary/aromatic N) is 4. The molecule has 1 N–H and O–H groups in total. The molecule has 142 valence electrons. The van der Waals surface area contributed by atoms with E-state index in [1.165, 1.54) is 0 Å². The van der Waals surface area contributed by atoms with Crippen LogP contribution in [-0.4, -0.2) is 44.3 Å². The molecule has 0 spiro atoms. The Morgan fingerprint density at radius 1 is 1.30 bits per heavy atom. The van der Waals surface area contributed by atoms with Gasteiger partial charge in [0.05, 0.1) is 18.2 Å². The first kappa shape index (κ1) is 17.7. The van der Waals surface area contributed by atoms with E-state index in [9.17, 15) is 9.59 Å². The lowest BCUT2D eigenvalue weighted by molar-refractivity contribution is -0.129. The van der Waals surface area contributed by atoms with Crippen LogP contribution in [0, 0.1) is 18.3 Å². The second-order valence-corrected chi connectivity index (χ2v) is 7.82. The molecule has 0 bridgehead atoms. The van der Waals surface area contributed by atoms with Gasteiger partial charge in [-0.2, -0.15) is 0 Å². The minimum atomic E-state index is -0.271. The first-order valence-corrected chi connectivity index (χ1v) is 9.48. The molecule has 7 heteroatoms. The van der Waals surface area contributed by atoms with Crippen LogP contribution in [0.25, 0.3) is 0 Å². The molecule has 4 rings (SSSR count). The molecule has 1 atom stereocenters. The Morgan fingerprint density at radius 3 is 2.81 bits per heavy atom. The number of rotatable bonds is 7. The summed E-state index contributed by atoms with van der Waals surface area (Å²) in [6.45, 7) is 4.47. The molecule has 1 unspecified atom stereocenters. The number of amides is 2. The first-order chi connectivity index (χ1) is 13.0. The molecule has 1 aliphatic carbocycles. The SMILES string of the molecule is Cc1nccn1CC1(CNC(=O)C2CC(=O)N(Cc3ccccn3)C2)CC1. The molecular weight excluding hydrogens is 342 g/mol. The maximum atomic E-state index is 12.6. The quantitative estimate of drug-likeness (QED) is 0.805. The van der Waals surface area contributed by atoms with E-state index in [0.717, 1.165) is 30.9 Å². The van der Waals surface area contributed by atoms with Gasteiger partial charge in [-0.3, -0.25) is 14.6 Å². The highest BCUT2D eigenvalue weighted by Crippen LogP contribution is 2.46. The standard InChI is InChI=1S/C20H25N5O2/c1-15-21-8-9-24(15)14-20(5-6-20)13-23-19(27)16-10-18(26)25(11-16)12-17-4-2-3-7-22-17/h2-4,7-9,16H,5-6,10-14H2,1H3,(H,23,27). The van der Waals surface area contributed by atoms with Crippen molar-refractivity contribution in [2.24, 2.45) is 11.3 Å². The molecule has 2 aromatic rings. The first-order valence-electron chi connectivity index (χ1n) is 9.48. The number of carbonyl (C=O) groups is 2. The normalized spacial score (nSPS) is 20.7. The van der Waals surface area contributed by atoms with Crippen LogP contribution in [0.5, 0.6) is 0 Å². The van der Waals surface area contributed by atoms with Crippen molar-refractivity contribution in [2.75, 3.05) is 13.1 Å². The molecule has 2 aliphatic rings. The number of aromatic nitrogens is 3. The third-order valence-corrected chi connectivity index (χ3v) is 5.69. The Kier molecular flexibility index (Phi) is 4.68. The lowest BCUT2D eigenvalue weighted by atomic mass is 10.1. The second-order valence-electron chi connectivity index (χ2n) is 7.82. The number of likely N-dealkylation sites (tertiary alicyclic amines) is 1. The Labute approximate surface area is 158 Å². The van der Waals surface area contributed by atoms with Crippen LogP contribution < -0.4 is 5.32 Å². The summed E-state index contributed by atoms with van der Waals surface area (Å²) in [6.07, 6.45) is 8.02. The molecule has 1 saturated carbocycles. The van der Waals surface area contributed by atoms with Crippen molar-refractivity contribution in [2.45, 2.75) is 39.3 Å². The zero-order valence-electron chi connectivity index (χ0n) is 15.6. The molecule has 7 nitrogen and oxygen atoms in total. The number of carbonyl (C=O) groups excluding carboxylic acids is 2. The molecule has 27 heavy (non-hydrogen) atoms. The third kappa shape index (κ3) is 4.02. The molecule has 0 aromatic carbocycles. The average Bonchev–Trinajstić information content (AvgIpc) is 3.18. The van der Waals surface area contributed by atoms with Crippen LogP contribution in [-0.2, 0) is 22.7 Å². The van der Waals surface area contributed by atoms with Crippen LogP contribution in [0.15, 0.2) is 36.8 Å². The zero-order valence-corrected chi connectivity index (χ0v) is 15.6. The van der Waals surface area contributed by atoms with Gasteiger partial charge in [-0.15, -0.1) is 0 Å². The summed E-state index contributed by atoms with van der Waals surface area (Å²) >= 11 is 0. The Hall–Kier alpha value is -2.70. The van der Waals surface area contributed by atoms with Gasteiger partial charge in [-0.05, 0) is 31.9 Å². The molecule has 1 aliphatic heterocycles. The van der Waals surface area contributed by atoms with Gasteiger partial charge in [0.25, 0.3) is 0 Å². The topological polar surface area (TPSA) is 80.1 Å². The third-order valence-electron chi connectivity index (χ3n) is 5.69. The van der Waals surface area contributed by atoms with Crippen LogP contribution in [0.3, 0.4) is 0 Å². The van der Waals surface area contributed by atoms with E-state index in [0.29, 0.717) is 19.6 Å². The Balaban J connectivity index is 1.29. The number of pyridine rings is 1. The van der Waals surface area contributed by atoms with E-state index in [1.54, 1.807) is 11.1 Å². The molecule has 3 heterocycles. The van der Waals surface area contributed by atoms with E-state index >= 15 is 0 Å². The fraction of sp³-hybridized carbons (Fsp3) is 0.500. The van der Waals surface area contributed by atoms with Gasteiger partial charge in [0, 0.05) is 50.1 Å². The Bertz CT molecular complexity index is 828. The summed E-state index contributed by atoms with van der Waals surface area (Å²) < 4.78 is 2.15. The Morgan fingerprint density at radius 2 is 2.15 bits per heavy atom. The van der Waals surface area contributed by atoms with Gasteiger partial charge < -0.3 is 14.8 Å². The number of imidazole rings is 1. The summed E-state index contributed by atoms with van der Waals surface area (Å²) in [5.41, 5.74) is 0.983. The molecule has 2 fully saturated rings. The predicted molar refractivity (Wildman–Crippen MR) is 99.4 cm³/mol. The van der Waals surface area contributed by atoms with Crippen molar-refractivity contribution >= 4 is 11.8 Å². The van der Waals surface area contributed by atoms with Crippen LogP contribution in [0.1, 0.15) is 30.8 Å². The van der Waals surface area contributed by atoms with Crippen molar-refractivity contribution in [3.63, 3.8) is 0 Å². The maximum absolute atomic E-state index is 12.6. The van der Waals surface area contributed by atoms with Gasteiger partial charge >= 0.3 is 0 Å². The maximum Gasteiger partial charge on any atom is 0.225 e. The highest BCUT2D eigenvalue weighted by atomic mass is 16.2. The molecule has 0 radical (unpaired) electrons. The fourth-order valence-corrected chi connectivity index (χ4v) is 3.71. The van der Waals surface area contributed by atoms with E-state index in [-0.39, 0.29) is 29.6 Å². The van der Waals surface area contributed by atoms with Gasteiger partial charge in [0.2, 0.25) is 11.8 Å². The summed E-state index contributed by atoms with van der Waals surface area (Å²) in [5, 5.41) is 3.10. The minimum Gasteiger partial charge on any atom is -0.355 e. The van der Waals surface area contributed by atoms with Crippen molar-refractivity contribution in [1.82, 2.24) is 24.8 Å². The van der Waals surface area contributed by atoms with Crippen molar-refractivity contribution in [3.05, 3.63) is 48.3 Å².